The van der Waals surface area contributed by atoms with Crippen molar-refractivity contribution in [2.24, 2.45) is 0 Å². The molecule has 3 aromatic rings. The summed E-state index contributed by atoms with van der Waals surface area (Å²) in [6.45, 7) is 0.323. The number of pyridine rings is 1. The minimum atomic E-state index is -0.261. The first-order chi connectivity index (χ1) is 12.3. The molecule has 0 atom stereocenters. The molecule has 0 spiro atoms. The van der Waals surface area contributed by atoms with Crippen LogP contribution >= 0.6 is 0 Å². The first-order valence-electron chi connectivity index (χ1n) is 8.46. The molecule has 128 valence electrons. The summed E-state index contributed by atoms with van der Waals surface area (Å²) in [4.78, 5) is 24.8. The Morgan fingerprint density at radius 3 is 2.96 bits per heavy atom. The molecule has 8 heteroatoms. The lowest BCUT2D eigenvalue weighted by atomic mass is 9.89. The van der Waals surface area contributed by atoms with Gasteiger partial charge in [-0.15, -0.1) is 5.10 Å². The van der Waals surface area contributed by atoms with Crippen molar-refractivity contribution in [3.63, 3.8) is 0 Å². The molecule has 3 heterocycles. The summed E-state index contributed by atoms with van der Waals surface area (Å²) >= 11 is 0. The van der Waals surface area contributed by atoms with Crippen LogP contribution in [0.5, 0.6) is 0 Å². The first kappa shape index (κ1) is 15.6. The van der Waals surface area contributed by atoms with Gasteiger partial charge >= 0.3 is 0 Å². The Labute approximate surface area is 144 Å². The van der Waals surface area contributed by atoms with Gasteiger partial charge in [0.05, 0.1) is 0 Å². The maximum absolute atomic E-state index is 12.3. The third-order valence-corrected chi connectivity index (χ3v) is 4.40. The van der Waals surface area contributed by atoms with Crippen molar-refractivity contribution >= 4 is 5.78 Å². The van der Waals surface area contributed by atoms with E-state index < -0.39 is 0 Å². The normalized spacial score (nSPS) is 15.4. The number of hydrogen-bond donors (Lipinski definition) is 0. The standard InChI is InChI=1S/C17H18N6O2/c24-15(13-7-4-8-18-9-13)16-19-11-23(21-16)10-14-20-17(25-22-14)12-5-2-1-3-6-12/h4,7-9,11-12H,1-3,5-6,10H2. The van der Waals surface area contributed by atoms with Crippen LogP contribution in [0.1, 0.15) is 65.9 Å². The molecule has 0 N–H and O–H groups in total. The Balaban J connectivity index is 1.44. The van der Waals surface area contributed by atoms with Gasteiger partial charge in [-0.1, -0.05) is 24.4 Å². The molecule has 0 aromatic carbocycles. The molecule has 1 fully saturated rings. The van der Waals surface area contributed by atoms with Crippen LogP contribution in [0.4, 0.5) is 0 Å². The van der Waals surface area contributed by atoms with Crippen LogP contribution in [0.25, 0.3) is 0 Å². The fourth-order valence-electron chi connectivity index (χ4n) is 3.09. The molecule has 3 aromatic heterocycles. The second-order valence-corrected chi connectivity index (χ2v) is 6.22. The van der Waals surface area contributed by atoms with Crippen LogP contribution in [0.15, 0.2) is 35.4 Å². The van der Waals surface area contributed by atoms with Crippen molar-refractivity contribution in [1.29, 1.82) is 0 Å². The summed E-state index contributed by atoms with van der Waals surface area (Å²) in [7, 11) is 0. The van der Waals surface area contributed by atoms with Crippen molar-refractivity contribution < 1.29 is 9.32 Å². The smallest absolute Gasteiger partial charge is 0.233 e. The molecule has 1 aliphatic rings. The predicted molar refractivity (Wildman–Crippen MR) is 86.9 cm³/mol. The third kappa shape index (κ3) is 3.47. The van der Waals surface area contributed by atoms with E-state index in [0.717, 1.165) is 12.8 Å². The molecular weight excluding hydrogens is 320 g/mol. The van der Waals surface area contributed by atoms with Gasteiger partial charge in [0.25, 0.3) is 0 Å². The van der Waals surface area contributed by atoms with Gasteiger partial charge in [0.2, 0.25) is 17.5 Å². The second kappa shape index (κ2) is 6.92. The van der Waals surface area contributed by atoms with Gasteiger partial charge in [-0.3, -0.25) is 9.78 Å². The zero-order valence-corrected chi connectivity index (χ0v) is 13.7. The molecule has 0 unspecified atom stereocenters. The Morgan fingerprint density at radius 2 is 2.16 bits per heavy atom. The lowest BCUT2D eigenvalue weighted by Gasteiger charge is -2.17. The highest BCUT2D eigenvalue weighted by Gasteiger charge is 2.22. The quantitative estimate of drug-likeness (QED) is 0.658. The van der Waals surface area contributed by atoms with Crippen LogP contribution in [-0.4, -0.2) is 35.7 Å². The van der Waals surface area contributed by atoms with Crippen molar-refractivity contribution in [3.05, 3.63) is 54.0 Å². The van der Waals surface area contributed by atoms with E-state index >= 15 is 0 Å². The summed E-state index contributed by atoms with van der Waals surface area (Å²) in [5.74, 6) is 1.49. The van der Waals surface area contributed by atoms with Crippen LogP contribution < -0.4 is 0 Å². The van der Waals surface area contributed by atoms with Crippen molar-refractivity contribution in [1.82, 2.24) is 29.9 Å². The van der Waals surface area contributed by atoms with E-state index in [1.807, 2.05) is 0 Å². The number of hydrogen-bond acceptors (Lipinski definition) is 7. The Bertz CT molecular complexity index is 851. The van der Waals surface area contributed by atoms with Crippen LogP contribution in [0.2, 0.25) is 0 Å². The van der Waals surface area contributed by atoms with E-state index in [-0.39, 0.29) is 11.6 Å². The lowest BCUT2D eigenvalue weighted by Crippen LogP contribution is -2.08. The topological polar surface area (TPSA) is 99.6 Å². The minimum Gasteiger partial charge on any atom is -0.339 e. The zero-order chi connectivity index (χ0) is 17.1. The maximum atomic E-state index is 12.3. The molecule has 8 nitrogen and oxygen atoms in total. The second-order valence-electron chi connectivity index (χ2n) is 6.22. The molecule has 0 aliphatic heterocycles. The summed E-state index contributed by atoms with van der Waals surface area (Å²) in [6, 6.07) is 3.39. The molecule has 4 rings (SSSR count). The SMILES string of the molecule is O=C(c1cccnc1)c1ncn(Cc2noc(C3CCCCC3)n2)n1. The molecule has 25 heavy (non-hydrogen) atoms. The van der Waals surface area contributed by atoms with Gasteiger partial charge in [0.1, 0.15) is 12.9 Å². The summed E-state index contributed by atoms with van der Waals surface area (Å²) in [6.07, 6.45) is 10.5. The Morgan fingerprint density at radius 1 is 1.28 bits per heavy atom. The number of nitrogens with zero attached hydrogens (tertiary/aromatic N) is 6. The van der Waals surface area contributed by atoms with E-state index in [1.54, 1.807) is 23.0 Å². The molecule has 0 radical (unpaired) electrons. The largest absolute Gasteiger partial charge is 0.339 e. The van der Waals surface area contributed by atoms with Crippen molar-refractivity contribution in [2.75, 3.05) is 0 Å². The van der Waals surface area contributed by atoms with Gasteiger partial charge < -0.3 is 4.52 Å². The lowest BCUT2D eigenvalue weighted by molar-refractivity contribution is 0.102. The Hall–Kier alpha value is -2.90. The van der Waals surface area contributed by atoms with Gasteiger partial charge in [-0.25, -0.2) is 9.67 Å². The maximum Gasteiger partial charge on any atom is 0.233 e. The monoisotopic (exact) mass is 338 g/mol. The van der Waals surface area contributed by atoms with E-state index in [9.17, 15) is 4.79 Å². The van der Waals surface area contributed by atoms with Crippen LogP contribution in [0, 0.1) is 0 Å². The summed E-state index contributed by atoms with van der Waals surface area (Å²) in [5, 5.41) is 8.24. The highest BCUT2D eigenvalue weighted by atomic mass is 16.5. The van der Waals surface area contributed by atoms with Crippen molar-refractivity contribution in [3.8, 4) is 0 Å². The van der Waals surface area contributed by atoms with E-state index in [4.69, 9.17) is 4.52 Å². The average molecular weight is 338 g/mol. The molecular formula is C17H18N6O2. The molecule has 0 saturated heterocycles. The van der Waals surface area contributed by atoms with E-state index in [0.29, 0.717) is 29.7 Å². The first-order valence-corrected chi connectivity index (χ1v) is 8.46. The highest BCUT2D eigenvalue weighted by Crippen LogP contribution is 2.31. The van der Waals surface area contributed by atoms with Gasteiger partial charge in [-0.05, 0) is 25.0 Å². The number of aromatic nitrogens is 6. The van der Waals surface area contributed by atoms with E-state index in [1.165, 1.54) is 31.8 Å². The molecule has 0 amide bonds. The number of rotatable bonds is 5. The number of ketones is 1. The third-order valence-electron chi connectivity index (χ3n) is 4.40. The van der Waals surface area contributed by atoms with Gasteiger partial charge in [-0.2, -0.15) is 4.98 Å². The van der Waals surface area contributed by atoms with E-state index in [2.05, 4.69) is 25.2 Å². The fourth-order valence-corrected chi connectivity index (χ4v) is 3.09. The summed E-state index contributed by atoms with van der Waals surface area (Å²) < 4.78 is 6.94. The number of carbonyl (C=O) groups excluding carboxylic acids is 1. The van der Waals surface area contributed by atoms with Crippen LogP contribution in [0.3, 0.4) is 0 Å². The highest BCUT2D eigenvalue weighted by molar-refractivity contribution is 6.06. The zero-order valence-electron chi connectivity index (χ0n) is 13.7. The summed E-state index contributed by atoms with van der Waals surface area (Å²) in [5.41, 5.74) is 0.458. The van der Waals surface area contributed by atoms with Crippen LogP contribution in [-0.2, 0) is 6.54 Å². The molecule has 1 saturated carbocycles. The van der Waals surface area contributed by atoms with Gasteiger partial charge in [0, 0.05) is 23.9 Å². The fraction of sp³-hybridized carbons (Fsp3) is 0.412. The number of carbonyl (C=O) groups is 1. The average Bonchev–Trinajstić information content (AvgIpc) is 3.33. The predicted octanol–water partition coefficient (Wildman–Crippen LogP) is 2.38. The van der Waals surface area contributed by atoms with Gasteiger partial charge in [0.15, 0.2) is 5.82 Å². The van der Waals surface area contributed by atoms with Crippen molar-refractivity contribution in [2.45, 2.75) is 44.6 Å². The Kier molecular flexibility index (Phi) is 4.32. The molecule has 1 aliphatic carbocycles. The molecule has 0 bridgehead atoms. The minimum absolute atomic E-state index is 0.129.